The third kappa shape index (κ3) is 4.21. The number of halogens is 1. The molecule has 0 saturated carbocycles. The molecular formula is C20H29FN2O2. The predicted molar refractivity (Wildman–Crippen MR) is 96.0 cm³/mol. The number of rotatable bonds is 5. The summed E-state index contributed by atoms with van der Waals surface area (Å²) in [6.45, 7) is 5.96. The van der Waals surface area contributed by atoms with Crippen LogP contribution in [0.1, 0.15) is 44.6 Å². The molecule has 2 aliphatic heterocycles. The largest absolute Gasteiger partial charge is 0.381 e. The SMILES string of the molecule is C[C@H]1CCCCN1CCNC(=O)C1(c2cccc(F)c2)CCOCC1. The topological polar surface area (TPSA) is 41.6 Å². The Hall–Kier alpha value is -1.46. The van der Waals surface area contributed by atoms with Gasteiger partial charge < -0.3 is 10.1 Å². The number of carbonyl (C=O) groups is 1. The molecule has 1 atom stereocenters. The quantitative estimate of drug-likeness (QED) is 0.890. The number of hydrogen-bond acceptors (Lipinski definition) is 3. The zero-order chi connectivity index (χ0) is 17.7. The standard InChI is InChI=1S/C20H29FN2O2/c1-16-5-2-3-11-23(16)12-10-22-19(24)20(8-13-25-14-9-20)17-6-4-7-18(21)15-17/h4,6-7,15-16H,2-3,5,8-14H2,1H3,(H,22,24)/t16-/m0/s1. The number of benzene rings is 1. The van der Waals surface area contributed by atoms with Crippen LogP contribution in [0.4, 0.5) is 4.39 Å². The van der Waals surface area contributed by atoms with Crippen molar-refractivity contribution >= 4 is 5.91 Å². The molecule has 1 aromatic rings. The van der Waals surface area contributed by atoms with Crippen LogP contribution in [0.25, 0.3) is 0 Å². The summed E-state index contributed by atoms with van der Waals surface area (Å²) in [5.74, 6) is -0.288. The molecule has 25 heavy (non-hydrogen) atoms. The summed E-state index contributed by atoms with van der Waals surface area (Å²) in [7, 11) is 0. The number of hydrogen-bond donors (Lipinski definition) is 1. The number of likely N-dealkylation sites (tertiary alicyclic amines) is 1. The number of nitrogens with zero attached hydrogens (tertiary/aromatic N) is 1. The fraction of sp³-hybridized carbons (Fsp3) is 0.650. The van der Waals surface area contributed by atoms with Crippen molar-refractivity contribution < 1.29 is 13.9 Å². The Bertz CT molecular complexity index is 587. The molecule has 2 heterocycles. The van der Waals surface area contributed by atoms with Crippen LogP contribution in [0.2, 0.25) is 0 Å². The average Bonchev–Trinajstić information content (AvgIpc) is 2.64. The molecule has 0 radical (unpaired) electrons. The lowest BCUT2D eigenvalue weighted by molar-refractivity contribution is -0.130. The van der Waals surface area contributed by atoms with Crippen LogP contribution in [0, 0.1) is 5.82 Å². The second-order valence-corrected chi connectivity index (χ2v) is 7.34. The number of amides is 1. The van der Waals surface area contributed by atoms with E-state index in [-0.39, 0.29) is 11.7 Å². The summed E-state index contributed by atoms with van der Waals surface area (Å²) < 4.78 is 19.2. The van der Waals surface area contributed by atoms with Gasteiger partial charge in [-0.1, -0.05) is 18.6 Å². The summed E-state index contributed by atoms with van der Waals surface area (Å²) in [6, 6.07) is 7.06. The fourth-order valence-corrected chi connectivity index (χ4v) is 4.12. The maximum Gasteiger partial charge on any atom is 0.230 e. The van der Waals surface area contributed by atoms with E-state index >= 15 is 0 Å². The molecule has 0 bridgehead atoms. The van der Waals surface area contributed by atoms with Crippen LogP contribution in [-0.2, 0) is 14.9 Å². The van der Waals surface area contributed by atoms with Gasteiger partial charge in [0.25, 0.3) is 0 Å². The smallest absolute Gasteiger partial charge is 0.230 e. The van der Waals surface area contributed by atoms with Crippen LogP contribution in [-0.4, -0.2) is 49.7 Å². The van der Waals surface area contributed by atoms with Gasteiger partial charge in [0.2, 0.25) is 5.91 Å². The first kappa shape index (κ1) is 18.3. The molecule has 2 fully saturated rings. The predicted octanol–water partition coefficient (Wildman–Crippen LogP) is 2.86. The van der Waals surface area contributed by atoms with Crippen LogP contribution in [0.15, 0.2) is 24.3 Å². The van der Waals surface area contributed by atoms with Crippen molar-refractivity contribution in [1.29, 1.82) is 0 Å². The minimum atomic E-state index is -0.673. The van der Waals surface area contributed by atoms with Crippen molar-refractivity contribution in [3.05, 3.63) is 35.6 Å². The van der Waals surface area contributed by atoms with E-state index < -0.39 is 5.41 Å². The van der Waals surface area contributed by atoms with Crippen LogP contribution >= 0.6 is 0 Å². The van der Waals surface area contributed by atoms with Crippen LogP contribution in [0.3, 0.4) is 0 Å². The zero-order valence-electron chi connectivity index (χ0n) is 15.1. The molecule has 5 heteroatoms. The summed E-state index contributed by atoms with van der Waals surface area (Å²) in [6.07, 6.45) is 4.97. The molecule has 1 amide bonds. The molecule has 2 aliphatic rings. The molecule has 138 valence electrons. The van der Waals surface area contributed by atoms with Crippen molar-refractivity contribution in [1.82, 2.24) is 10.2 Å². The van der Waals surface area contributed by atoms with Crippen molar-refractivity contribution in [2.24, 2.45) is 0 Å². The lowest BCUT2D eigenvalue weighted by Crippen LogP contribution is -2.50. The summed E-state index contributed by atoms with van der Waals surface area (Å²) in [5.41, 5.74) is 0.0908. The van der Waals surface area contributed by atoms with Gasteiger partial charge in [-0.25, -0.2) is 4.39 Å². The molecule has 0 unspecified atom stereocenters. The number of carbonyl (C=O) groups excluding carboxylic acids is 1. The highest BCUT2D eigenvalue weighted by Crippen LogP contribution is 2.35. The molecule has 4 nitrogen and oxygen atoms in total. The van der Waals surface area contributed by atoms with Gasteiger partial charge in [-0.15, -0.1) is 0 Å². The molecule has 0 aliphatic carbocycles. The van der Waals surface area contributed by atoms with Gasteiger partial charge in [-0.05, 0) is 56.8 Å². The Balaban J connectivity index is 1.65. The third-order valence-corrected chi connectivity index (χ3v) is 5.78. The highest BCUT2D eigenvalue weighted by molar-refractivity contribution is 5.88. The van der Waals surface area contributed by atoms with E-state index in [2.05, 4.69) is 17.1 Å². The van der Waals surface area contributed by atoms with Crippen molar-refractivity contribution in [2.45, 2.75) is 50.5 Å². The average molecular weight is 348 g/mol. The molecule has 0 aromatic heterocycles. The highest BCUT2D eigenvalue weighted by Gasteiger charge is 2.41. The monoisotopic (exact) mass is 348 g/mol. The second kappa shape index (κ2) is 8.28. The van der Waals surface area contributed by atoms with Gasteiger partial charge in [-0.3, -0.25) is 9.69 Å². The molecule has 0 spiro atoms. The van der Waals surface area contributed by atoms with E-state index in [0.717, 1.165) is 18.7 Å². The maximum atomic E-state index is 13.7. The van der Waals surface area contributed by atoms with E-state index in [0.29, 0.717) is 38.6 Å². The molecule has 1 aromatic carbocycles. The number of piperidine rings is 1. The van der Waals surface area contributed by atoms with Gasteiger partial charge in [0.15, 0.2) is 0 Å². The molecule has 2 saturated heterocycles. The normalized spacial score (nSPS) is 24.0. The third-order valence-electron chi connectivity index (χ3n) is 5.78. The Labute approximate surface area is 149 Å². The Morgan fingerprint density at radius 2 is 2.16 bits per heavy atom. The van der Waals surface area contributed by atoms with E-state index in [4.69, 9.17) is 4.74 Å². The van der Waals surface area contributed by atoms with E-state index in [9.17, 15) is 9.18 Å². The van der Waals surface area contributed by atoms with E-state index in [1.807, 2.05) is 6.07 Å². The lowest BCUT2D eigenvalue weighted by atomic mass is 9.73. The molecular weight excluding hydrogens is 319 g/mol. The maximum absolute atomic E-state index is 13.7. The minimum Gasteiger partial charge on any atom is -0.381 e. The fourth-order valence-electron chi connectivity index (χ4n) is 4.12. The van der Waals surface area contributed by atoms with Gasteiger partial charge in [-0.2, -0.15) is 0 Å². The molecule has 1 N–H and O–H groups in total. The number of ether oxygens (including phenoxy) is 1. The van der Waals surface area contributed by atoms with Gasteiger partial charge >= 0.3 is 0 Å². The second-order valence-electron chi connectivity index (χ2n) is 7.34. The molecule has 3 rings (SSSR count). The first-order valence-corrected chi connectivity index (χ1v) is 9.48. The minimum absolute atomic E-state index is 0.00561. The van der Waals surface area contributed by atoms with Crippen LogP contribution in [0.5, 0.6) is 0 Å². The Morgan fingerprint density at radius 3 is 2.88 bits per heavy atom. The van der Waals surface area contributed by atoms with Gasteiger partial charge in [0.05, 0.1) is 5.41 Å². The van der Waals surface area contributed by atoms with Crippen molar-refractivity contribution in [3.63, 3.8) is 0 Å². The summed E-state index contributed by atoms with van der Waals surface area (Å²) >= 11 is 0. The van der Waals surface area contributed by atoms with E-state index in [1.54, 1.807) is 6.07 Å². The van der Waals surface area contributed by atoms with Gasteiger partial charge in [0.1, 0.15) is 5.82 Å². The highest BCUT2D eigenvalue weighted by atomic mass is 19.1. The van der Waals surface area contributed by atoms with E-state index in [1.165, 1.54) is 31.4 Å². The Morgan fingerprint density at radius 1 is 1.36 bits per heavy atom. The lowest BCUT2D eigenvalue weighted by Gasteiger charge is -2.37. The first-order chi connectivity index (χ1) is 12.1. The summed E-state index contributed by atoms with van der Waals surface area (Å²) in [5, 5.41) is 3.12. The van der Waals surface area contributed by atoms with Crippen LogP contribution < -0.4 is 5.32 Å². The van der Waals surface area contributed by atoms with Crippen molar-refractivity contribution in [3.8, 4) is 0 Å². The zero-order valence-corrected chi connectivity index (χ0v) is 15.1. The summed E-state index contributed by atoms with van der Waals surface area (Å²) in [4.78, 5) is 15.5. The first-order valence-electron chi connectivity index (χ1n) is 9.48. The number of nitrogens with one attached hydrogen (secondary N) is 1. The van der Waals surface area contributed by atoms with Gasteiger partial charge in [0, 0.05) is 32.3 Å². The Kier molecular flexibility index (Phi) is 6.07. The van der Waals surface area contributed by atoms with Crippen molar-refractivity contribution in [2.75, 3.05) is 32.8 Å².